The van der Waals surface area contributed by atoms with E-state index in [1.807, 2.05) is 6.07 Å². The van der Waals surface area contributed by atoms with Gasteiger partial charge in [0.25, 0.3) is 0 Å². The number of nitrogens with one attached hydrogen (secondary N) is 1. The van der Waals surface area contributed by atoms with Crippen molar-refractivity contribution in [3.05, 3.63) is 29.3 Å². The van der Waals surface area contributed by atoms with Gasteiger partial charge >= 0.3 is 0 Å². The number of benzene rings is 1. The summed E-state index contributed by atoms with van der Waals surface area (Å²) in [5.41, 5.74) is 2.32. The third-order valence-electron chi connectivity index (χ3n) is 3.81. The van der Waals surface area contributed by atoms with Crippen LogP contribution in [0, 0.1) is 0 Å². The van der Waals surface area contributed by atoms with E-state index in [1.54, 1.807) is 7.11 Å². The molecule has 0 aliphatic heterocycles. The zero-order chi connectivity index (χ0) is 15.1. The number of methoxy groups -OCH3 is 1. The minimum absolute atomic E-state index is 0.601. The first-order valence-corrected chi connectivity index (χ1v) is 9.46. The quantitative estimate of drug-likeness (QED) is 0.673. The molecular weight excluding hydrogens is 282 g/mol. The zero-order valence-corrected chi connectivity index (χ0v) is 14.0. The first kappa shape index (κ1) is 16.5. The molecule has 4 heteroatoms. The van der Waals surface area contributed by atoms with Gasteiger partial charge in [-0.15, -0.1) is 0 Å². The zero-order valence-electron chi connectivity index (χ0n) is 13.2. The van der Waals surface area contributed by atoms with Crippen molar-refractivity contribution in [3.8, 4) is 5.75 Å². The standard InChI is InChI=1S/C17H27NO2S/c1-3-4-5-10-21(19)13-15-11-14(6-9-17(15)20-2)12-18-16-7-8-16/h6,9,11,16,18H,3-5,7-8,10,12-13H2,1-2H3. The Labute approximate surface area is 130 Å². The van der Waals surface area contributed by atoms with Gasteiger partial charge in [0.2, 0.25) is 0 Å². The molecule has 1 unspecified atom stereocenters. The molecule has 1 fully saturated rings. The molecule has 3 nitrogen and oxygen atoms in total. The average molecular weight is 309 g/mol. The Hall–Kier alpha value is -0.870. The molecule has 2 rings (SSSR count). The summed E-state index contributed by atoms with van der Waals surface area (Å²) >= 11 is 0. The molecule has 0 bridgehead atoms. The van der Waals surface area contributed by atoms with Crippen molar-refractivity contribution in [3.63, 3.8) is 0 Å². The lowest BCUT2D eigenvalue weighted by Crippen LogP contribution is -2.15. The molecule has 21 heavy (non-hydrogen) atoms. The van der Waals surface area contributed by atoms with Gasteiger partial charge in [0, 0.05) is 34.7 Å². The average Bonchev–Trinajstić information content (AvgIpc) is 3.30. The number of ether oxygens (including phenoxy) is 1. The fourth-order valence-corrected chi connectivity index (χ4v) is 3.61. The van der Waals surface area contributed by atoms with Crippen LogP contribution in [0.4, 0.5) is 0 Å². The van der Waals surface area contributed by atoms with Gasteiger partial charge in [0.1, 0.15) is 5.75 Å². The Morgan fingerprint density at radius 3 is 2.81 bits per heavy atom. The van der Waals surface area contributed by atoms with Crippen molar-refractivity contribution in [1.82, 2.24) is 5.32 Å². The van der Waals surface area contributed by atoms with Crippen LogP contribution in [0.5, 0.6) is 5.75 Å². The first-order valence-electron chi connectivity index (χ1n) is 7.97. The summed E-state index contributed by atoms with van der Waals surface area (Å²) in [5, 5.41) is 3.52. The van der Waals surface area contributed by atoms with Gasteiger partial charge in [-0.1, -0.05) is 25.8 Å². The number of unbranched alkanes of at least 4 members (excludes halogenated alkanes) is 2. The molecule has 0 spiro atoms. The Bertz CT molecular complexity index is 472. The van der Waals surface area contributed by atoms with Crippen molar-refractivity contribution in [2.75, 3.05) is 12.9 Å². The molecule has 0 heterocycles. The van der Waals surface area contributed by atoms with Crippen LogP contribution in [-0.4, -0.2) is 23.1 Å². The number of hydrogen-bond acceptors (Lipinski definition) is 3. The van der Waals surface area contributed by atoms with Crippen molar-refractivity contribution in [1.29, 1.82) is 0 Å². The van der Waals surface area contributed by atoms with Crippen LogP contribution in [0.15, 0.2) is 18.2 Å². The lowest BCUT2D eigenvalue weighted by molar-refractivity contribution is 0.411. The van der Waals surface area contributed by atoms with E-state index in [4.69, 9.17) is 4.74 Å². The van der Waals surface area contributed by atoms with E-state index < -0.39 is 10.8 Å². The van der Waals surface area contributed by atoms with Gasteiger partial charge in [-0.2, -0.15) is 0 Å². The van der Waals surface area contributed by atoms with Crippen molar-refractivity contribution < 1.29 is 8.95 Å². The lowest BCUT2D eigenvalue weighted by atomic mass is 10.1. The van der Waals surface area contributed by atoms with Crippen molar-refractivity contribution >= 4 is 10.8 Å². The van der Waals surface area contributed by atoms with Gasteiger partial charge in [0.15, 0.2) is 0 Å². The maximum Gasteiger partial charge on any atom is 0.123 e. The van der Waals surface area contributed by atoms with E-state index in [9.17, 15) is 4.21 Å². The summed E-state index contributed by atoms with van der Waals surface area (Å²) in [6.45, 7) is 3.06. The predicted octanol–water partition coefficient (Wildman–Crippen LogP) is 3.39. The molecule has 1 aromatic carbocycles. The molecule has 0 aromatic heterocycles. The van der Waals surface area contributed by atoms with Crippen molar-refractivity contribution in [2.45, 2.75) is 57.4 Å². The second kappa shape index (κ2) is 8.54. The molecule has 1 saturated carbocycles. The predicted molar refractivity (Wildman–Crippen MR) is 89.1 cm³/mol. The van der Waals surface area contributed by atoms with Crippen LogP contribution in [0.3, 0.4) is 0 Å². The minimum Gasteiger partial charge on any atom is -0.496 e. The molecule has 1 N–H and O–H groups in total. The smallest absolute Gasteiger partial charge is 0.123 e. The van der Waals surface area contributed by atoms with Gasteiger partial charge in [-0.25, -0.2) is 0 Å². The van der Waals surface area contributed by atoms with E-state index in [1.165, 1.54) is 24.8 Å². The van der Waals surface area contributed by atoms with E-state index in [0.717, 1.165) is 36.5 Å². The largest absolute Gasteiger partial charge is 0.496 e. The second-order valence-electron chi connectivity index (χ2n) is 5.80. The van der Waals surface area contributed by atoms with Crippen LogP contribution < -0.4 is 10.1 Å². The number of hydrogen-bond donors (Lipinski definition) is 1. The maximum atomic E-state index is 12.2. The van der Waals surface area contributed by atoms with Crippen LogP contribution in [0.25, 0.3) is 0 Å². The summed E-state index contributed by atoms with van der Waals surface area (Å²) in [6, 6.07) is 6.95. The molecule has 1 aromatic rings. The summed E-state index contributed by atoms with van der Waals surface area (Å²) < 4.78 is 17.6. The molecule has 118 valence electrons. The van der Waals surface area contributed by atoms with Crippen molar-refractivity contribution in [2.24, 2.45) is 0 Å². The highest BCUT2D eigenvalue weighted by molar-refractivity contribution is 7.84. The normalized spacial score (nSPS) is 15.9. The summed E-state index contributed by atoms with van der Waals surface area (Å²) in [7, 11) is 0.888. The molecular formula is C17H27NO2S. The van der Waals surface area contributed by atoms with E-state index in [0.29, 0.717) is 11.8 Å². The Kier molecular flexibility index (Phi) is 6.71. The monoisotopic (exact) mass is 309 g/mol. The van der Waals surface area contributed by atoms with Gasteiger partial charge in [0.05, 0.1) is 12.9 Å². The first-order chi connectivity index (χ1) is 10.2. The number of rotatable bonds is 10. The van der Waals surface area contributed by atoms with Gasteiger partial charge in [-0.05, 0) is 37.0 Å². The van der Waals surface area contributed by atoms with E-state index >= 15 is 0 Å². The highest BCUT2D eigenvalue weighted by Gasteiger charge is 2.20. The molecule has 1 aliphatic rings. The van der Waals surface area contributed by atoms with Crippen LogP contribution in [0.1, 0.15) is 50.2 Å². The maximum absolute atomic E-state index is 12.2. The lowest BCUT2D eigenvalue weighted by Gasteiger charge is -2.11. The van der Waals surface area contributed by atoms with Gasteiger partial charge < -0.3 is 10.1 Å². The molecule has 0 saturated heterocycles. The minimum atomic E-state index is -0.793. The summed E-state index contributed by atoms with van der Waals surface area (Å²) in [6.07, 6.45) is 5.97. The third-order valence-corrected chi connectivity index (χ3v) is 5.19. The highest BCUT2D eigenvalue weighted by Crippen LogP contribution is 2.23. The molecule has 1 aliphatic carbocycles. The fourth-order valence-electron chi connectivity index (χ4n) is 2.36. The summed E-state index contributed by atoms with van der Waals surface area (Å²) in [4.78, 5) is 0. The Balaban J connectivity index is 1.93. The van der Waals surface area contributed by atoms with E-state index in [2.05, 4.69) is 24.4 Å². The van der Waals surface area contributed by atoms with Crippen LogP contribution in [0.2, 0.25) is 0 Å². The molecule has 0 radical (unpaired) electrons. The second-order valence-corrected chi connectivity index (χ2v) is 7.37. The SMILES string of the molecule is CCCCCS(=O)Cc1cc(CNC2CC2)ccc1OC. The van der Waals surface area contributed by atoms with Gasteiger partial charge in [-0.3, -0.25) is 4.21 Å². The topological polar surface area (TPSA) is 38.3 Å². The third kappa shape index (κ3) is 5.79. The van der Waals surface area contributed by atoms with E-state index in [-0.39, 0.29) is 0 Å². The molecule has 0 amide bonds. The Morgan fingerprint density at radius 2 is 2.14 bits per heavy atom. The highest BCUT2D eigenvalue weighted by atomic mass is 32.2. The van der Waals surface area contributed by atoms with Crippen LogP contribution in [-0.2, 0) is 23.1 Å². The summed E-state index contributed by atoms with van der Waals surface area (Å²) in [5.74, 6) is 2.25. The molecule has 1 atom stereocenters. The Morgan fingerprint density at radius 1 is 1.33 bits per heavy atom. The van der Waals surface area contributed by atoms with Crippen LogP contribution >= 0.6 is 0 Å². The fraction of sp³-hybridized carbons (Fsp3) is 0.647.